The first-order valence-corrected chi connectivity index (χ1v) is 10.4. The van der Waals surface area contributed by atoms with Gasteiger partial charge < -0.3 is 15.2 Å². The predicted octanol–water partition coefficient (Wildman–Crippen LogP) is 5.58. The molecule has 0 aliphatic rings. The van der Waals surface area contributed by atoms with Crippen molar-refractivity contribution in [3.8, 4) is 11.8 Å². The molecule has 0 aliphatic heterocycles. The normalized spacial score (nSPS) is 10.8. The number of aromatic carboxylic acids is 1. The third-order valence-corrected chi connectivity index (χ3v) is 4.97. The standard InChI is InChI=1S/C25H19BrN2O4/c1-16-4-2-5-17(10-16)15-32-23-9-8-21(26)12-19(23)11-20(14-27)24(29)28-22-7-3-6-18(13-22)25(30)31/h2-13H,15H2,1H3,(H,28,29)(H,30,31)/b20-11-. The number of amides is 1. The van der Waals surface area contributed by atoms with E-state index >= 15 is 0 Å². The molecular weight excluding hydrogens is 472 g/mol. The lowest BCUT2D eigenvalue weighted by Gasteiger charge is -2.11. The van der Waals surface area contributed by atoms with E-state index in [2.05, 4.69) is 21.2 Å². The minimum Gasteiger partial charge on any atom is -0.488 e. The SMILES string of the molecule is Cc1cccc(COc2ccc(Br)cc2/C=C(/C#N)C(=O)Nc2cccc(C(=O)O)c2)c1. The first-order valence-electron chi connectivity index (χ1n) is 9.60. The van der Waals surface area contributed by atoms with Crippen LogP contribution in [-0.4, -0.2) is 17.0 Å². The molecule has 0 heterocycles. The van der Waals surface area contributed by atoms with Crippen molar-refractivity contribution in [2.24, 2.45) is 0 Å². The quantitative estimate of drug-likeness (QED) is 0.332. The van der Waals surface area contributed by atoms with E-state index in [9.17, 15) is 14.9 Å². The summed E-state index contributed by atoms with van der Waals surface area (Å²) in [5, 5.41) is 21.2. The van der Waals surface area contributed by atoms with Crippen molar-refractivity contribution in [1.29, 1.82) is 5.26 Å². The van der Waals surface area contributed by atoms with Gasteiger partial charge in [-0.3, -0.25) is 4.79 Å². The van der Waals surface area contributed by atoms with Gasteiger partial charge in [-0.2, -0.15) is 5.26 Å². The number of carboxylic acid groups (broad SMARTS) is 1. The Kier molecular flexibility index (Phi) is 7.42. The Morgan fingerprint density at radius 3 is 2.62 bits per heavy atom. The first-order chi connectivity index (χ1) is 15.4. The van der Waals surface area contributed by atoms with Crippen molar-refractivity contribution in [3.05, 3.63) is 99.0 Å². The lowest BCUT2D eigenvalue weighted by Crippen LogP contribution is -2.14. The lowest BCUT2D eigenvalue weighted by molar-refractivity contribution is -0.112. The topological polar surface area (TPSA) is 99.4 Å². The van der Waals surface area contributed by atoms with Crippen molar-refractivity contribution in [2.75, 3.05) is 5.32 Å². The number of rotatable bonds is 7. The number of nitrogens with zero attached hydrogens (tertiary/aromatic N) is 1. The number of carboxylic acids is 1. The van der Waals surface area contributed by atoms with Crippen LogP contribution in [0.5, 0.6) is 5.75 Å². The van der Waals surface area contributed by atoms with Gasteiger partial charge in [-0.05, 0) is 55.0 Å². The maximum absolute atomic E-state index is 12.6. The monoisotopic (exact) mass is 490 g/mol. The van der Waals surface area contributed by atoms with Crippen LogP contribution in [0.2, 0.25) is 0 Å². The molecule has 7 heteroatoms. The van der Waals surface area contributed by atoms with Gasteiger partial charge in [0.2, 0.25) is 0 Å². The van der Waals surface area contributed by atoms with Gasteiger partial charge in [0.25, 0.3) is 5.91 Å². The number of carbonyl (C=O) groups is 2. The zero-order valence-electron chi connectivity index (χ0n) is 17.1. The summed E-state index contributed by atoms with van der Waals surface area (Å²) in [5.74, 6) is -1.25. The van der Waals surface area contributed by atoms with Gasteiger partial charge in [-0.15, -0.1) is 0 Å². The second kappa shape index (κ2) is 10.4. The van der Waals surface area contributed by atoms with E-state index < -0.39 is 11.9 Å². The van der Waals surface area contributed by atoms with Crippen LogP contribution >= 0.6 is 15.9 Å². The predicted molar refractivity (Wildman–Crippen MR) is 125 cm³/mol. The van der Waals surface area contributed by atoms with Crippen molar-refractivity contribution in [3.63, 3.8) is 0 Å². The highest BCUT2D eigenvalue weighted by molar-refractivity contribution is 9.10. The molecule has 6 nitrogen and oxygen atoms in total. The number of halogens is 1. The fourth-order valence-corrected chi connectivity index (χ4v) is 3.34. The summed E-state index contributed by atoms with van der Waals surface area (Å²) in [7, 11) is 0. The van der Waals surface area contributed by atoms with Gasteiger partial charge in [0.05, 0.1) is 5.56 Å². The lowest BCUT2D eigenvalue weighted by atomic mass is 10.1. The zero-order chi connectivity index (χ0) is 23.1. The summed E-state index contributed by atoms with van der Waals surface area (Å²) < 4.78 is 6.71. The highest BCUT2D eigenvalue weighted by Crippen LogP contribution is 2.27. The summed E-state index contributed by atoms with van der Waals surface area (Å²) in [6.45, 7) is 2.33. The fourth-order valence-electron chi connectivity index (χ4n) is 2.96. The molecule has 3 rings (SSSR count). The van der Waals surface area contributed by atoms with E-state index in [1.165, 1.54) is 24.3 Å². The van der Waals surface area contributed by atoms with Crippen LogP contribution in [0.4, 0.5) is 5.69 Å². The molecule has 3 aromatic carbocycles. The van der Waals surface area contributed by atoms with Crippen LogP contribution in [0.15, 0.2) is 76.8 Å². The van der Waals surface area contributed by atoms with Gasteiger partial charge in [0, 0.05) is 15.7 Å². The van der Waals surface area contributed by atoms with Crippen molar-refractivity contribution >= 4 is 39.6 Å². The number of hydrogen-bond donors (Lipinski definition) is 2. The van der Waals surface area contributed by atoms with Crippen LogP contribution < -0.4 is 10.1 Å². The van der Waals surface area contributed by atoms with E-state index in [1.807, 2.05) is 43.3 Å². The first kappa shape index (κ1) is 22.8. The Labute approximate surface area is 193 Å². The van der Waals surface area contributed by atoms with Gasteiger partial charge in [-0.25, -0.2) is 4.79 Å². The Balaban J connectivity index is 1.83. The highest BCUT2D eigenvalue weighted by atomic mass is 79.9. The van der Waals surface area contributed by atoms with Crippen LogP contribution in [0.3, 0.4) is 0 Å². The van der Waals surface area contributed by atoms with Gasteiger partial charge >= 0.3 is 5.97 Å². The highest BCUT2D eigenvalue weighted by Gasteiger charge is 2.13. The Morgan fingerprint density at radius 2 is 1.91 bits per heavy atom. The summed E-state index contributed by atoms with van der Waals surface area (Å²) in [6, 6.07) is 21.0. The number of benzene rings is 3. The molecule has 0 atom stereocenters. The van der Waals surface area contributed by atoms with Crippen LogP contribution in [0, 0.1) is 18.3 Å². The fraction of sp³-hybridized carbons (Fsp3) is 0.0800. The number of carbonyl (C=O) groups excluding carboxylic acids is 1. The molecule has 0 aromatic heterocycles. The van der Waals surface area contributed by atoms with Gasteiger partial charge in [0.1, 0.15) is 24.0 Å². The molecule has 0 bridgehead atoms. The molecule has 160 valence electrons. The molecule has 0 aliphatic carbocycles. The van der Waals surface area contributed by atoms with E-state index in [-0.39, 0.29) is 16.8 Å². The maximum Gasteiger partial charge on any atom is 0.335 e. The third-order valence-electron chi connectivity index (χ3n) is 4.48. The van der Waals surface area contributed by atoms with Crippen LogP contribution in [0.1, 0.15) is 27.0 Å². The van der Waals surface area contributed by atoms with Gasteiger partial charge in [0.15, 0.2) is 0 Å². The number of nitrogens with one attached hydrogen (secondary N) is 1. The summed E-state index contributed by atoms with van der Waals surface area (Å²) in [4.78, 5) is 23.8. The molecule has 0 saturated carbocycles. The second-order valence-corrected chi connectivity index (χ2v) is 7.89. The number of anilines is 1. The summed E-state index contributed by atoms with van der Waals surface area (Å²) in [6.07, 6.45) is 1.44. The Bertz CT molecular complexity index is 1240. The van der Waals surface area contributed by atoms with Crippen LogP contribution in [0.25, 0.3) is 6.08 Å². The Morgan fingerprint density at radius 1 is 1.12 bits per heavy atom. The maximum atomic E-state index is 12.6. The molecule has 1 amide bonds. The summed E-state index contributed by atoms with van der Waals surface area (Å²) in [5.41, 5.74) is 2.84. The average Bonchev–Trinajstić information content (AvgIpc) is 2.77. The van der Waals surface area contributed by atoms with Crippen LogP contribution in [-0.2, 0) is 11.4 Å². The van der Waals surface area contributed by atoms with E-state index in [4.69, 9.17) is 9.84 Å². The molecular formula is C25H19BrN2O4. The molecule has 32 heavy (non-hydrogen) atoms. The number of nitriles is 1. The smallest absolute Gasteiger partial charge is 0.335 e. The molecule has 0 fully saturated rings. The van der Waals surface area contributed by atoms with Crippen molar-refractivity contribution in [2.45, 2.75) is 13.5 Å². The summed E-state index contributed by atoms with van der Waals surface area (Å²) >= 11 is 3.40. The minimum atomic E-state index is -1.11. The van der Waals surface area contributed by atoms with Gasteiger partial charge in [-0.1, -0.05) is 51.8 Å². The largest absolute Gasteiger partial charge is 0.488 e. The third kappa shape index (κ3) is 6.06. The molecule has 0 radical (unpaired) electrons. The molecule has 3 aromatic rings. The van der Waals surface area contributed by atoms with Crippen molar-refractivity contribution < 1.29 is 19.4 Å². The Hall–Kier alpha value is -3.89. The minimum absolute atomic E-state index is 0.0316. The average molecular weight is 491 g/mol. The zero-order valence-corrected chi connectivity index (χ0v) is 18.7. The van der Waals surface area contributed by atoms with Crippen molar-refractivity contribution in [1.82, 2.24) is 0 Å². The molecule has 0 spiro atoms. The van der Waals surface area contributed by atoms with E-state index in [0.29, 0.717) is 17.9 Å². The molecule has 0 unspecified atom stereocenters. The number of ether oxygens (including phenoxy) is 1. The second-order valence-electron chi connectivity index (χ2n) is 6.97. The molecule has 0 saturated heterocycles. The molecule has 2 N–H and O–H groups in total. The number of hydrogen-bond acceptors (Lipinski definition) is 4. The number of aryl methyl sites for hydroxylation is 1. The van der Waals surface area contributed by atoms with E-state index in [0.717, 1.165) is 15.6 Å². The van der Waals surface area contributed by atoms with E-state index in [1.54, 1.807) is 18.2 Å².